The van der Waals surface area contributed by atoms with E-state index in [1.807, 2.05) is 23.1 Å². The van der Waals surface area contributed by atoms with Gasteiger partial charge in [-0.15, -0.1) is 0 Å². The molecule has 1 fully saturated rings. The predicted molar refractivity (Wildman–Crippen MR) is 94.3 cm³/mol. The highest BCUT2D eigenvalue weighted by Gasteiger charge is 2.28. The molecule has 1 atom stereocenters. The van der Waals surface area contributed by atoms with Gasteiger partial charge < -0.3 is 20.0 Å². The van der Waals surface area contributed by atoms with Gasteiger partial charge in [0.25, 0.3) is 5.91 Å². The number of carbonyl (C=O) groups excluding carboxylic acids is 2. The van der Waals surface area contributed by atoms with Crippen molar-refractivity contribution in [2.75, 3.05) is 19.6 Å². The lowest BCUT2D eigenvalue weighted by atomic mass is 10.0. The Morgan fingerprint density at radius 3 is 2.64 bits per heavy atom. The first-order chi connectivity index (χ1) is 12.2. The molecule has 0 spiro atoms. The number of benzene rings is 1. The molecule has 0 aliphatic carbocycles. The molecule has 25 heavy (non-hydrogen) atoms. The highest BCUT2D eigenvalue weighted by atomic mass is 16.3. The van der Waals surface area contributed by atoms with Crippen LogP contribution in [0.2, 0.25) is 0 Å². The summed E-state index contributed by atoms with van der Waals surface area (Å²) in [6.45, 7) is 1.53. The maximum Gasteiger partial charge on any atom is 0.317 e. The van der Waals surface area contributed by atoms with E-state index in [4.69, 9.17) is 4.42 Å². The van der Waals surface area contributed by atoms with Crippen LogP contribution in [0.3, 0.4) is 0 Å². The van der Waals surface area contributed by atoms with E-state index < -0.39 is 0 Å². The molecule has 1 aliphatic heterocycles. The number of hydrogen-bond acceptors (Lipinski definition) is 3. The van der Waals surface area contributed by atoms with E-state index in [0.717, 1.165) is 25.8 Å². The molecule has 1 aromatic heterocycles. The lowest BCUT2D eigenvalue weighted by Crippen LogP contribution is -2.45. The number of urea groups is 1. The number of nitrogens with zero attached hydrogens (tertiary/aromatic N) is 1. The molecule has 1 aliphatic rings. The number of likely N-dealkylation sites (tertiary alicyclic amines) is 1. The maximum absolute atomic E-state index is 12.4. The summed E-state index contributed by atoms with van der Waals surface area (Å²) in [5, 5.41) is 5.60. The van der Waals surface area contributed by atoms with Crippen LogP contribution in [0.4, 0.5) is 4.79 Å². The summed E-state index contributed by atoms with van der Waals surface area (Å²) < 4.78 is 5.02. The smallest absolute Gasteiger partial charge is 0.317 e. The van der Waals surface area contributed by atoms with Crippen molar-refractivity contribution >= 4 is 11.9 Å². The van der Waals surface area contributed by atoms with Gasteiger partial charge in [-0.05, 0) is 37.0 Å². The number of nitrogens with one attached hydrogen (secondary N) is 2. The summed E-state index contributed by atoms with van der Waals surface area (Å²) in [5.74, 6) is -0.00355. The first kappa shape index (κ1) is 17.1. The minimum absolute atomic E-state index is 0.0642. The molecular formula is C19H23N3O3. The Labute approximate surface area is 147 Å². The van der Waals surface area contributed by atoms with Gasteiger partial charge >= 0.3 is 6.03 Å². The van der Waals surface area contributed by atoms with Gasteiger partial charge in [-0.25, -0.2) is 4.79 Å². The monoisotopic (exact) mass is 341 g/mol. The highest BCUT2D eigenvalue weighted by molar-refractivity contribution is 5.91. The lowest BCUT2D eigenvalue weighted by Gasteiger charge is -2.25. The third-order valence-corrected chi connectivity index (χ3v) is 4.38. The second kappa shape index (κ2) is 8.37. The summed E-state index contributed by atoms with van der Waals surface area (Å²) in [4.78, 5) is 26.0. The van der Waals surface area contributed by atoms with Gasteiger partial charge in [-0.2, -0.15) is 0 Å². The van der Waals surface area contributed by atoms with Crippen molar-refractivity contribution < 1.29 is 14.0 Å². The zero-order chi connectivity index (χ0) is 17.5. The van der Waals surface area contributed by atoms with Gasteiger partial charge in [0.05, 0.1) is 6.26 Å². The standard InChI is InChI=1S/C19H23N3O3/c23-18(17-9-5-13-25-17)20-10-11-21-19(24)22-12-4-8-16(22)14-15-6-2-1-3-7-15/h1-3,5-7,9,13,16H,4,8,10-12,14H2,(H,20,23)(H,21,24). The van der Waals surface area contributed by atoms with Gasteiger partial charge in [0, 0.05) is 25.7 Å². The normalized spacial score (nSPS) is 16.6. The Hall–Kier alpha value is -2.76. The fraction of sp³-hybridized carbons (Fsp3) is 0.368. The number of rotatable bonds is 6. The molecule has 2 aromatic rings. The second-order valence-electron chi connectivity index (χ2n) is 6.14. The summed E-state index contributed by atoms with van der Waals surface area (Å²) in [5.41, 5.74) is 1.25. The summed E-state index contributed by atoms with van der Waals surface area (Å²) in [6.07, 6.45) is 4.39. The van der Waals surface area contributed by atoms with E-state index in [-0.39, 0.29) is 23.7 Å². The van der Waals surface area contributed by atoms with Crippen LogP contribution in [-0.4, -0.2) is 42.5 Å². The molecule has 0 saturated carbocycles. The zero-order valence-electron chi connectivity index (χ0n) is 14.1. The van der Waals surface area contributed by atoms with Crippen LogP contribution < -0.4 is 10.6 Å². The van der Waals surface area contributed by atoms with Crippen LogP contribution >= 0.6 is 0 Å². The maximum atomic E-state index is 12.4. The van der Waals surface area contributed by atoms with E-state index in [1.165, 1.54) is 11.8 Å². The molecule has 2 heterocycles. The Balaban J connectivity index is 1.42. The molecule has 0 bridgehead atoms. The topological polar surface area (TPSA) is 74.6 Å². The zero-order valence-corrected chi connectivity index (χ0v) is 14.1. The molecule has 1 aromatic carbocycles. The van der Waals surface area contributed by atoms with Gasteiger partial charge in [0.2, 0.25) is 0 Å². The Bertz CT molecular complexity index is 685. The molecular weight excluding hydrogens is 318 g/mol. The van der Waals surface area contributed by atoms with E-state index in [9.17, 15) is 9.59 Å². The molecule has 6 heteroatoms. The summed E-state index contributed by atoms with van der Waals surface area (Å²) >= 11 is 0. The molecule has 132 valence electrons. The average Bonchev–Trinajstić information content (AvgIpc) is 3.31. The fourth-order valence-corrected chi connectivity index (χ4v) is 3.14. The number of hydrogen-bond donors (Lipinski definition) is 2. The highest BCUT2D eigenvalue weighted by Crippen LogP contribution is 2.21. The van der Waals surface area contributed by atoms with Crippen LogP contribution in [0.15, 0.2) is 53.1 Å². The molecule has 2 N–H and O–H groups in total. The summed E-state index contributed by atoms with van der Waals surface area (Å²) in [7, 11) is 0. The van der Waals surface area contributed by atoms with Gasteiger partial charge in [0.15, 0.2) is 5.76 Å². The van der Waals surface area contributed by atoms with Crippen molar-refractivity contribution in [1.82, 2.24) is 15.5 Å². The number of amides is 3. The SMILES string of the molecule is O=C(NCCNC(=O)N1CCCC1Cc1ccccc1)c1ccco1. The first-order valence-corrected chi connectivity index (χ1v) is 8.64. The minimum atomic E-state index is -0.276. The molecule has 1 unspecified atom stereocenters. The van der Waals surface area contributed by atoms with Gasteiger partial charge in [0.1, 0.15) is 0 Å². The molecule has 3 amide bonds. The molecule has 0 radical (unpaired) electrons. The predicted octanol–water partition coefficient (Wildman–Crippen LogP) is 2.43. The summed E-state index contributed by atoms with van der Waals surface area (Å²) in [6, 6.07) is 13.7. The third-order valence-electron chi connectivity index (χ3n) is 4.38. The van der Waals surface area contributed by atoms with Crippen molar-refractivity contribution in [3.05, 3.63) is 60.1 Å². The van der Waals surface area contributed by atoms with Gasteiger partial charge in [-0.3, -0.25) is 4.79 Å². The van der Waals surface area contributed by atoms with Crippen molar-refractivity contribution in [1.29, 1.82) is 0 Å². The third kappa shape index (κ3) is 4.62. The van der Waals surface area contributed by atoms with Crippen molar-refractivity contribution in [2.45, 2.75) is 25.3 Å². The van der Waals surface area contributed by atoms with Gasteiger partial charge in [-0.1, -0.05) is 30.3 Å². The number of furan rings is 1. The first-order valence-electron chi connectivity index (χ1n) is 8.64. The second-order valence-corrected chi connectivity index (χ2v) is 6.14. The molecule has 3 rings (SSSR count). The largest absolute Gasteiger partial charge is 0.459 e. The molecule has 1 saturated heterocycles. The van der Waals surface area contributed by atoms with Crippen molar-refractivity contribution in [3.8, 4) is 0 Å². The molecule has 6 nitrogen and oxygen atoms in total. The number of carbonyl (C=O) groups is 2. The van der Waals surface area contributed by atoms with Crippen LogP contribution in [0.5, 0.6) is 0 Å². The van der Waals surface area contributed by atoms with Crippen LogP contribution in [0.1, 0.15) is 29.0 Å². The fourth-order valence-electron chi connectivity index (χ4n) is 3.14. The minimum Gasteiger partial charge on any atom is -0.459 e. The Morgan fingerprint density at radius 1 is 1.08 bits per heavy atom. The van der Waals surface area contributed by atoms with E-state index >= 15 is 0 Å². The van der Waals surface area contributed by atoms with E-state index in [0.29, 0.717) is 13.1 Å². The van der Waals surface area contributed by atoms with Crippen molar-refractivity contribution in [2.24, 2.45) is 0 Å². The Morgan fingerprint density at radius 2 is 1.88 bits per heavy atom. The Kier molecular flexibility index (Phi) is 5.72. The van der Waals surface area contributed by atoms with E-state index in [2.05, 4.69) is 22.8 Å². The van der Waals surface area contributed by atoms with E-state index in [1.54, 1.807) is 12.1 Å². The van der Waals surface area contributed by atoms with Crippen LogP contribution in [0, 0.1) is 0 Å². The lowest BCUT2D eigenvalue weighted by molar-refractivity contribution is 0.0925. The van der Waals surface area contributed by atoms with Crippen LogP contribution in [0.25, 0.3) is 0 Å². The quantitative estimate of drug-likeness (QED) is 0.793. The van der Waals surface area contributed by atoms with Crippen LogP contribution in [-0.2, 0) is 6.42 Å². The average molecular weight is 341 g/mol. The van der Waals surface area contributed by atoms with Crippen molar-refractivity contribution in [3.63, 3.8) is 0 Å².